The number of para-hydroxylation sites is 2. The van der Waals surface area contributed by atoms with Crippen molar-refractivity contribution in [2.24, 2.45) is 5.73 Å². The molecule has 1 heterocycles. The van der Waals surface area contributed by atoms with Crippen molar-refractivity contribution in [2.75, 3.05) is 18.1 Å². The van der Waals surface area contributed by atoms with E-state index in [9.17, 15) is 0 Å². The van der Waals surface area contributed by atoms with E-state index in [-0.39, 0.29) is 6.04 Å². The van der Waals surface area contributed by atoms with Crippen LogP contribution in [0.2, 0.25) is 0 Å². The minimum Gasteiger partial charge on any atom is -0.493 e. The van der Waals surface area contributed by atoms with Crippen LogP contribution in [0, 0.1) is 0 Å². The van der Waals surface area contributed by atoms with Crippen LogP contribution in [0.3, 0.4) is 0 Å². The van der Waals surface area contributed by atoms with Crippen molar-refractivity contribution < 1.29 is 4.74 Å². The molecular weight excluding hydrogens is 284 g/mol. The van der Waals surface area contributed by atoms with Crippen LogP contribution in [0.1, 0.15) is 37.4 Å². The van der Waals surface area contributed by atoms with Gasteiger partial charge in [-0.15, -0.1) is 0 Å². The molecule has 0 radical (unpaired) electrons. The van der Waals surface area contributed by atoms with Crippen LogP contribution in [-0.4, -0.2) is 19.2 Å². The maximum atomic E-state index is 6.20. The molecule has 23 heavy (non-hydrogen) atoms. The molecule has 2 N–H and O–H groups in total. The predicted octanol–water partition coefficient (Wildman–Crippen LogP) is 3.93. The summed E-state index contributed by atoms with van der Waals surface area (Å²) in [6.45, 7) is 5.71. The van der Waals surface area contributed by atoms with Gasteiger partial charge in [0.25, 0.3) is 0 Å². The smallest absolute Gasteiger partial charge is 0.124 e. The van der Waals surface area contributed by atoms with Crippen molar-refractivity contribution >= 4 is 5.69 Å². The average Bonchev–Trinajstić information content (AvgIpc) is 2.91. The first-order chi connectivity index (χ1) is 11.3. The molecule has 1 aliphatic heterocycles. The molecule has 0 aromatic heterocycles. The van der Waals surface area contributed by atoms with Gasteiger partial charge in [-0.3, -0.25) is 0 Å². The SMILES string of the molecule is CCCOc1ccccc1C(CN)N1c2ccccc2CC1C. The molecule has 0 saturated carbocycles. The lowest BCUT2D eigenvalue weighted by molar-refractivity contribution is 0.311. The Morgan fingerprint density at radius 3 is 2.70 bits per heavy atom. The van der Waals surface area contributed by atoms with Crippen molar-refractivity contribution in [3.05, 3.63) is 59.7 Å². The number of benzene rings is 2. The van der Waals surface area contributed by atoms with E-state index in [0.717, 1.165) is 25.2 Å². The highest BCUT2D eigenvalue weighted by Crippen LogP contribution is 2.40. The molecule has 0 aliphatic carbocycles. The fraction of sp³-hybridized carbons (Fsp3) is 0.400. The molecule has 0 amide bonds. The first-order valence-corrected chi connectivity index (χ1v) is 8.54. The van der Waals surface area contributed by atoms with Gasteiger partial charge in [0.1, 0.15) is 5.75 Å². The normalized spacial score (nSPS) is 17.9. The van der Waals surface area contributed by atoms with E-state index in [2.05, 4.69) is 61.2 Å². The lowest BCUT2D eigenvalue weighted by Crippen LogP contribution is -2.38. The molecule has 3 nitrogen and oxygen atoms in total. The van der Waals surface area contributed by atoms with Gasteiger partial charge in [0.15, 0.2) is 0 Å². The van der Waals surface area contributed by atoms with Gasteiger partial charge < -0.3 is 15.4 Å². The lowest BCUT2D eigenvalue weighted by Gasteiger charge is -2.34. The van der Waals surface area contributed by atoms with Crippen molar-refractivity contribution in [2.45, 2.75) is 38.8 Å². The number of ether oxygens (including phenoxy) is 1. The van der Waals surface area contributed by atoms with Crippen LogP contribution in [0.4, 0.5) is 5.69 Å². The number of rotatable bonds is 6. The molecule has 3 rings (SSSR count). The molecular formula is C20H26N2O. The highest BCUT2D eigenvalue weighted by molar-refractivity contribution is 5.61. The number of anilines is 1. The second-order valence-corrected chi connectivity index (χ2v) is 6.23. The Kier molecular flexibility index (Phi) is 4.87. The van der Waals surface area contributed by atoms with Gasteiger partial charge in [0, 0.05) is 23.8 Å². The van der Waals surface area contributed by atoms with Gasteiger partial charge in [0.05, 0.1) is 12.6 Å². The Labute approximate surface area is 139 Å². The highest BCUT2D eigenvalue weighted by Gasteiger charge is 2.32. The Morgan fingerprint density at radius 1 is 1.17 bits per heavy atom. The second kappa shape index (κ2) is 7.05. The van der Waals surface area contributed by atoms with Crippen molar-refractivity contribution in [1.29, 1.82) is 0 Å². The van der Waals surface area contributed by atoms with E-state index in [4.69, 9.17) is 10.5 Å². The monoisotopic (exact) mass is 310 g/mol. The summed E-state index contributed by atoms with van der Waals surface area (Å²) in [7, 11) is 0. The molecule has 0 fully saturated rings. The molecule has 122 valence electrons. The Bertz CT molecular complexity index is 656. The second-order valence-electron chi connectivity index (χ2n) is 6.23. The Morgan fingerprint density at radius 2 is 1.91 bits per heavy atom. The topological polar surface area (TPSA) is 38.5 Å². The molecule has 2 unspecified atom stereocenters. The van der Waals surface area contributed by atoms with E-state index in [1.807, 2.05) is 6.07 Å². The molecule has 2 atom stereocenters. The number of nitrogens with two attached hydrogens (primary N) is 1. The van der Waals surface area contributed by atoms with Crippen LogP contribution < -0.4 is 15.4 Å². The standard InChI is InChI=1S/C20H26N2O/c1-3-12-23-20-11-7-5-9-17(20)19(14-21)22-15(2)13-16-8-4-6-10-18(16)22/h4-11,15,19H,3,12-14,21H2,1-2H3. The van der Waals surface area contributed by atoms with E-state index >= 15 is 0 Å². The summed E-state index contributed by atoms with van der Waals surface area (Å²) in [5, 5.41) is 0. The number of hydrogen-bond acceptors (Lipinski definition) is 3. The predicted molar refractivity (Wildman–Crippen MR) is 96.1 cm³/mol. The van der Waals surface area contributed by atoms with Gasteiger partial charge in [-0.25, -0.2) is 0 Å². The summed E-state index contributed by atoms with van der Waals surface area (Å²) in [6, 6.07) is 17.5. The van der Waals surface area contributed by atoms with Crippen molar-refractivity contribution in [3.8, 4) is 5.75 Å². The van der Waals surface area contributed by atoms with Crippen LogP contribution >= 0.6 is 0 Å². The number of nitrogens with zero attached hydrogens (tertiary/aromatic N) is 1. The minimum absolute atomic E-state index is 0.140. The van der Waals surface area contributed by atoms with Crippen LogP contribution in [-0.2, 0) is 6.42 Å². The third-order valence-corrected chi connectivity index (χ3v) is 4.56. The zero-order valence-electron chi connectivity index (χ0n) is 14.0. The number of fused-ring (bicyclic) bond motifs is 1. The summed E-state index contributed by atoms with van der Waals surface area (Å²) in [4.78, 5) is 2.46. The molecule has 0 saturated heterocycles. The van der Waals surface area contributed by atoms with E-state index in [1.54, 1.807) is 0 Å². The first-order valence-electron chi connectivity index (χ1n) is 8.54. The van der Waals surface area contributed by atoms with Gasteiger partial charge in [-0.2, -0.15) is 0 Å². The maximum absolute atomic E-state index is 6.20. The minimum atomic E-state index is 0.140. The Hall–Kier alpha value is -2.00. The summed E-state index contributed by atoms with van der Waals surface area (Å²) in [6.07, 6.45) is 2.08. The Balaban J connectivity index is 1.98. The molecule has 0 bridgehead atoms. The average molecular weight is 310 g/mol. The maximum Gasteiger partial charge on any atom is 0.124 e. The van der Waals surface area contributed by atoms with Gasteiger partial charge >= 0.3 is 0 Å². The van der Waals surface area contributed by atoms with Crippen molar-refractivity contribution in [3.63, 3.8) is 0 Å². The van der Waals surface area contributed by atoms with Crippen LogP contribution in [0.15, 0.2) is 48.5 Å². The lowest BCUT2D eigenvalue weighted by atomic mass is 10.0. The fourth-order valence-electron chi connectivity index (χ4n) is 3.55. The zero-order chi connectivity index (χ0) is 16.2. The van der Waals surface area contributed by atoms with Gasteiger partial charge in [-0.1, -0.05) is 43.3 Å². The summed E-state index contributed by atoms with van der Waals surface area (Å²) in [5.41, 5.74) is 10.1. The zero-order valence-corrected chi connectivity index (χ0v) is 14.0. The third kappa shape index (κ3) is 3.06. The molecule has 2 aromatic carbocycles. The highest BCUT2D eigenvalue weighted by atomic mass is 16.5. The van der Waals surface area contributed by atoms with Gasteiger partial charge in [-0.05, 0) is 37.5 Å². The van der Waals surface area contributed by atoms with E-state index in [0.29, 0.717) is 12.6 Å². The quantitative estimate of drug-likeness (QED) is 0.878. The van der Waals surface area contributed by atoms with Crippen molar-refractivity contribution in [1.82, 2.24) is 0 Å². The van der Waals surface area contributed by atoms with E-state index in [1.165, 1.54) is 16.8 Å². The molecule has 2 aromatic rings. The van der Waals surface area contributed by atoms with E-state index < -0.39 is 0 Å². The fourth-order valence-corrected chi connectivity index (χ4v) is 3.55. The first kappa shape index (κ1) is 15.9. The number of hydrogen-bond donors (Lipinski definition) is 1. The largest absolute Gasteiger partial charge is 0.493 e. The van der Waals surface area contributed by atoms with Gasteiger partial charge in [0.2, 0.25) is 0 Å². The summed E-state index contributed by atoms with van der Waals surface area (Å²) in [5.74, 6) is 0.960. The molecule has 0 spiro atoms. The van der Waals surface area contributed by atoms with Crippen LogP contribution in [0.25, 0.3) is 0 Å². The van der Waals surface area contributed by atoms with Crippen LogP contribution in [0.5, 0.6) is 5.75 Å². The summed E-state index contributed by atoms with van der Waals surface area (Å²) < 4.78 is 5.97. The summed E-state index contributed by atoms with van der Waals surface area (Å²) >= 11 is 0. The third-order valence-electron chi connectivity index (χ3n) is 4.56. The molecule has 1 aliphatic rings. The molecule has 3 heteroatoms.